The predicted octanol–water partition coefficient (Wildman–Crippen LogP) is 4.10. The molecule has 38 heavy (non-hydrogen) atoms. The molecule has 10 heteroatoms. The van der Waals surface area contributed by atoms with E-state index in [0.717, 1.165) is 38.0 Å². The molecule has 0 unspecified atom stereocenters. The van der Waals surface area contributed by atoms with E-state index >= 15 is 0 Å². The van der Waals surface area contributed by atoms with Crippen LogP contribution in [0, 0.1) is 20.8 Å². The zero-order valence-electron chi connectivity index (χ0n) is 21.8. The fraction of sp³-hybridized carbons (Fsp3) is 0.250. The number of ether oxygens (including phenoxy) is 1. The largest absolute Gasteiger partial charge is 0.486 e. The Balaban J connectivity index is 1.54. The third-order valence-electron chi connectivity index (χ3n) is 6.43. The molecule has 0 bridgehead atoms. The van der Waals surface area contributed by atoms with E-state index in [-0.39, 0.29) is 18.7 Å². The van der Waals surface area contributed by atoms with Gasteiger partial charge in [-0.3, -0.25) is 23.6 Å². The molecule has 5 aromatic rings. The first-order valence-electron chi connectivity index (χ1n) is 12.1. The molecule has 1 aromatic carbocycles. The Labute approximate surface area is 223 Å². The van der Waals surface area contributed by atoms with Gasteiger partial charge in [-0.2, -0.15) is 5.10 Å². The maximum absolute atomic E-state index is 12.6. The normalized spacial score (nSPS) is 11.3. The second kappa shape index (κ2) is 9.90. The molecule has 194 valence electrons. The molecule has 0 saturated carbocycles. The smallest absolute Gasteiger partial charge is 0.331 e. The van der Waals surface area contributed by atoms with Crippen LogP contribution in [0.1, 0.15) is 28.2 Å². The Morgan fingerprint density at radius 3 is 2.50 bits per heavy atom. The van der Waals surface area contributed by atoms with Gasteiger partial charge in [0.25, 0.3) is 5.56 Å². The Morgan fingerprint density at radius 1 is 1.00 bits per heavy atom. The molecular formula is C28H27ClN6O3. The van der Waals surface area contributed by atoms with E-state index in [1.54, 1.807) is 10.7 Å². The van der Waals surface area contributed by atoms with Crippen LogP contribution < -0.4 is 16.0 Å². The number of benzene rings is 1. The van der Waals surface area contributed by atoms with Crippen LogP contribution in [0.5, 0.6) is 5.75 Å². The van der Waals surface area contributed by atoms with Crippen molar-refractivity contribution < 1.29 is 4.74 Å². The minimum Gasteiger partial charge on any atom is -0.486 e. The number of aromatic nitrogens is 6. The number of hydrogen-bond donors (Lipinski definition) is 0. The van der Waals surface area contributed by atoms with Crippen molar-refractivity contribution in [2.24, 2.45) is 14.1 Å². The molecule has 0 atom stereocenters. The van der Waals surface area contributed by atoms with Gasteiger partial charge in [-0.1, -0.05) is 23.7 Å². The molecule has 9 nitrogen and oxygen atoms in total. The van der Waals surface area contributed by atoms with E-state index in [4.69, 9.17) is 21.3 Å². The molecule has 0 aliphatic heterocycles. The second-order valence-corrected chi connectivity index (χ2v) is 9.79. The highest BCUT2D eigenvalue weighted by atomic mass is 35.5. The van der Waals surface area contributed by atoms with Crippen molar-refractivity contribution in [3.8, 4) is 17.0 Å². The lowest BCUT2D eigenvalue weighted by molar-refractivity contribution is 0.307. The zero-order valence-corrected chi connectivity index (χ0v) is 22.6. The van der Waals surface area contributed by atoms with Crippen molar-refractivity contribution >= 4 is 22.5 Å². The lowest BCUT2D eigenvalue weighted by Crippen LogP contribution is -2.37. The molecule has 0 fully saturated rings. The molecule has 0 amide bonds. The third kappa shape index (κ3) is 4.72. The van der Waals surface area contributed by atoms with E-state index < -0.39 is 5.69 Å². The van der Waals surface area contributed by atoms with Crippen LogP contribution in [0.3, 0.4) is 0 Å². The van der Waals surface area contributed by atoms with E-state index in [0.29, 0.717) is 27.7 Å². The summed E-state index contributed by atoms with van der Waals surface area (Å²) in [5.41, 5.74) is 5.67. The molecular weight excluding hydrogens is 504 g/mol. The maximum Gasteiger partial charge on any atom is 0.331 e. The van der Waals surface area contributed by atoms with Gasteiger partial charge in [0.2, 0.25) is 0 Å². The van der Waals surface area contributed by atoms with Gasteiger partial charge in [-0.25, -0.2) is 9.78 Å². The first-order chi connectivity index (χ1) is 18.1. The lowest BCUT2D eigenvalue weighted by Gasteiger charge is -2.16. The second-order valence-electron chi connectivity index (χ2n) is 9.38. The number of rotatable bonds is 6. The monoisotopic (exact) mass is 530 g/mol. The summed E-state index contributed by atoms with van der Waals surface area (Å²) in [6, 6.07) is 11.0. The lowest BCUT2D eigenvalue weighted by atomic mass is 10.0. The number of aryl methyl sites for hydroxylation is 4. The van der Waals surface area contributed by atoms with Crippen molar-refractivity contribution in [3.05, 3.63) is 103 Å². The number of pyridine rings is 2. The van der Waals surface area contributed by atoms with Crippen LogP contribution in [0.2, 0.25) is 5.02 Å². The molecule has 0 radical (unpaired) electrons. The van der Waals surface area contributed by atoms with Crippen molar-refractivity contribution in [1.82, 2.24) is 28.9 Å². The van der Waals surface area contributed by atoms with Crippen molar-refractivity contribution in [1.29, 1.82) is 0 Å². The molecule has 4 aromatic heterocycles. The van der Waals surface area contributed by atoms with Gasteiger partial charge < -0.3 is 4.74 Å². The van der Waals surface area contributed by atoms with Crippen LogP contribution in [-0.2, 0) is 27.2 Å². The molecule has 0 N–H and O–H groups in total. The highest BCUT2D eigenvalue weighted by Crippen LogP contribution is 2.34. The van der Waals surface area contributed by atoms with Crippen LogP contribution in [0.15, 0.2) is 58.4 Å². The van der Waals surface area contributed by atoms with Crippen molar-refractivity contribution in [3.63, 3.8) is 0 Å². The summed E-state index contributed by atoms with van der Waals surface area (Å²) in [5, 5.41) is 6.07. The minimum atomic E-state index is -0.435. The fourth-order valence-corrected chi connectivity index (χ4v) is 4.91. The fourth-order valence-electron chi connectivity index (χ4n) is 4.59. The van der Waals surface area contributed by atoms with Gasteiger partial charge in [0.1, 0.15) is 17.9 Å². The van der Waals surface area contributed by atoms with Crippen LogP contribution in [0.4, 0.5) is 0 Å². The average molecular weight is 531 g/mol. The van der Waals surface area contributed by atoms with E-state index in [9.17, 15) is 9.59 Å². The Kier molecular flexibility index (Phi) is 6.62. The molecule has 0 aliphatic carbocycles. The van der Waals surface area contributed by atoms with Gasteiger partial charge in [0.15, 0.2) is 0 Å². The summed E-state index contributed by atoms with van der Waals surface area (Å²) in [6.45, 7) is 6.08. The molecule has 0 aliphatic rings. The van der Waals surface area contributed by atoms with Gasteiger partial charge in [-0.05, 0) is 44.5 Å². The number of fused-ring (bicyclic) bond motifs is 1. The highest BCUT2D eigenvalue weighted by molar-refractivity contribution is 6.31. The SMILES string of the molecule is Cc1cc(Cl)c(COc2cccc3c(-c4nn(C)cc4C)cc(C)nc23)c(Cn2ccc(=O)n(C)c2=O)n1. The first-order valence-corrected chi connectivity index (χ1v) is 12.5. The molecule has 0 spiro atoms. The molecule has 5 rings (SSSR count). The van der Waals surface area contributed by atoms with Crippen LogP contribution in [-0.4, -0.2) is 28.9 Å². The summed E-state index contributed by atoms with van der Waals surface area (Å²) in [7, 11) is 3.35. The van der Waals surface area contributed by atoms with Crippen molar-refractivity contribution in [2.45, 2.75) is 33.9 Å². The van der Waals surface area contributed by atoms with Crippen LogP contribution >= 0.6 is 11.6 Å². The summed E-state index contributed by atoms with van der Waals surface area (Å²) >= 11 is 6.64. The van der Waals surface area contributed by atoms with Gasteiger partial charge in [-0.15, -0.1) is 0 Å². The summed E-state index contributed by atoms with van der Waals surface area (Å²) in [6.07, 6.45) is 3.45. The maximum atomic E-state index is 12.6. The number of nitrogens with zero attached hydrogens (tertiary/aromatic N) is 6. The summed E-state index contributed by atoms with van der Waals surface area (Å²) in [4.78, 5) is 33.9. The highest BCUT2D eigenvalue weighted by Gasteiger charge is 2.17. The number of halogens is 1. The Hall–Kier alpha value is -4.24. The van der Waals surface area contributed by atoms with Gasteiger partial charge in [0.05, 0.1) is 23.0 Å². The Morgan fingerprint density at radius 2 is 1.76 bits per heavy atom. The standard InChI is InChI=1S/C28H27ClN6O3/c1-16-13-33(4)32-26(16)20-11-17(2)31-27-19(20)7-6-8-24(27)38-15-21-22(29)12-18(3)30-23(21)14-35-10-9-25(36)34(5)28(35)37/h6-13H,14-15H2,1-5H3. The number of hydrogen-bond acceptors (Lipinski definition) is 6. The molecule has 0 saturated heterocycles. The number of para-hydroxylation sites is 1. The Bertz CT molecular complexity index is 1820. The quantitative estimate of drug-likeness (QED) is 0.328. The summed E-state index contributed by atoms with van der Waals surface area (Å²) in [5.74, 6) is 0.600. The summed E-state index contributed by atoms with van der Waals surface area (Å²) < 4.78 is 10.6. The van der Waals surface area contributed by atoms with Gasteiger partial charge in [0, 0.05) is 60.5 Å². The van der Waals surface area contributed by atoms with E-state index in [2.05, 4.69) is 10.1 Å². The van der Waals surface area contributed by atoms with E-state index in [1.165, 1.54) is 23.9 Å². The van der Waals surface area contributed by atoms with Crippen molar-refractivity contribution in [2.75, 3.05) is 0 Å². The minimum absolute atomic E-state index is 0.120. The third-order valence-corrected chi connectivity index (χ3v) is 6.77. The predicted molar refractivity (Wildman–Crippen MR) is 147 cm³/mol. The average Bonchev–Trinajstić information content (AvgIpc) is 3.21. The van der Waals surface area contributed by atoms with E-state index in [1.807, 2.05) is 58.3 Å². The topological polar surface area (TPSA) is 96.8 Å². The van der Waals surface area contributed by atoms with Crippen LogP contribution in [0.25, 0.3) is 22.2 Å². The van der Waals surface area contributed by atoms with Gasteiger partial charge >= 0.3 is 5.69 Å². The molecule has 4 heterocycles. The first kappa shape index (κ1) is 25.4. The zero-order chi connectivity index (χ0) is 27.1.